The second kappa shape index (κ2) is 6.44. The van der Waals surface area contributed by atoms with E-state index in [9.17, 15) is 0 Å². The van der Waals surface area contributed by atoms with Gasteiger partial charge in [0.25, 0.3) is 0 Å². The maximum Gasteiger partial charge on any atom is 0.227 e. The molecule has 0 saturated carbocycles. The second-order valence-electron chi connectivity index (χ2n) is 9.26. The van der Waals surface area contributed by atoms with Gasteiger partial charge in [-0.3, -0.25) is 0 Å². The summed E-state index contributed by atoms with van der Waals surface area (Å²) in [4.78, 5) is 4.61. The van der Waals surface area contributed by atoms with Gasteiger partial charge in [0.1, 0.15) is 7.05 Å². The molecule has 4 rings (SSSR count). The molecule has 0 bridgehead atoms. The standard InChI is InChI=1S/C25H29N2O/c1-15-8-10-19-20-11-9-17(3)26-24(20)28-23(19)22(15)21-12-18(13-25(4,5)6)16(2)14-27(21)7/h8-12,14H,13H2,1-7H3/q+1. The van der Waals surface area contributed by atoms with E-state index >= 15 is 0 Å². The lowest BCUT2D eigenvalue weighted by Gasteiger charge is -2.19. The molecular weight excluding hydrogens is 344 g/mol. The lowest BCUT2D eigenvalue weighted by molar-refractivity contribution is -0.660. The minimum atomic E-state index is 0.240. The number of pyridine rings is 2. The van der Waals surface area contributed by atoms with E-state index in [-0.39, 0.29) is 5.41 Å². The summed E-state index contributed by atoms with van der Waals surface area (Å²) in [6, 6.07) is 10.8. The van der Waals surface area contributed by atoms with Crippen molar-refractivity contribution in [1.29, 1.82) is 0 Å². The Hall–Kier alpha value is -2.68. The first kappa shape index (κ1) is 18.7. The highest BCUT2D eigenvalue weighted by Gasteiger charge is 2.23. The van der Waals surface area contributed by atoms with Gasteiger partial charge in [0.2, 0.25) is 11.4 Å². The average molecular weight is 374 g/mol. The van der Waals surface area contributed by atoms with Crippen molar-refractivity contribution in [3.8, 4) is 11.3 Å². The summed E-state index contributed by atoms with van der Waals surface area (Å²) in [5.41, 5.74) is 9.12. The van der Waals surface area contributed by atoms with Crippen LogP contribution in [0.2, 0.25) is 0 Å². The molecule has 0 N–H and O–H groups in total. The minimum absolute atomic E-state index is 0.240. The molecule has 0 aliphatic rings. The van der Waals surface area contributed by atoms with Gasteiger partial charge in [0.05, 0.1) is 5.56 Å². The number of rotatable bonds is 2. The molecule has 0 fully saturated rings. The van der Waals surface area contributed by atoms with E-state index in [1.165, 1.54) is 22.4 Å². The van der Waals surface area contributed by atoms with Gasteiger partial charge >= 0.3 is 0 Å². The van der Waals surface area contributed by atoms with Crippen LogP contribution in [-0.4, -0.2) is 4.98 Å². The van der Waals surface area contributed by atoms with E-state index in [4.69, 9.17) is 4.42 Å². The van der Waals surface area contributed by atoms with E-state index < -0.39 is 0 Å². The third-order valence-electron chi connectivity index (χ3n) is 5.42. The zero-order chi connectivity index (χ0) is 20.2. The fourth-order valence-corrected chi connectivity index (χ4v) is 4.06. The molecular formula is C25H29N2O+. The van der Waals surface area contributed by atoms with Gasteiger partial charge in [0.15, 0.2) is 11.8 Å². The first-order chi connectivity index (χ1) is 13.1. The van der Waals surface area contributed by atoms with Crippen LogP contribution in [0.15, 0.2) is 40.9 Å². The first-order valence-electron chi connectivity index (χ1n) is 9.93. The highest BCUT2D eigenvalue weighted by Crippen LogP contribution is 2.37. The Morgan fingerprint density at radius 2 is 1.68 bits per heavy atom. The predicted molar refractivity (Wildman–Crippen MR) is 115 cm³/mol. The molecule has 0 spiro atoms. The zero-order valence-corrected chi connectivity index (χ0v) is 18.0. The third kappa shape index (κ3) is 3.19. The molecule has 4 aromatic rings. The van der Waals surface area contributed by atoms with E-state index in [2.05, 4.69) is 81.7 Å². The second-order valence-corrected chi connectivity index (χ2v) is 9.26. The maximum absolute atomic E-state index is 6.30. The molecule has 144 valence electrons. The molecule has 3 aromatic heterocycles. The van der Waals surface area contributed by atoms with Gasteiger partial charge in [-0.1, -0.05) is 32.9 Å². The normalized spacial score (nSPS) is 12.2. The average Bonchev–Trinajstić information content (AvgIpc) is 2.94. The summed E-state index contributed by atoms with van der Waals surface area (Å²) >= 11 is 0. The lowest BCUT2D eigenvalue weighted by Crippen LogP contribution is -2.32. The zero-order valence-electron chi connectivity index (χ0n) is 18.0. The van der Waals surface area contributed by atoms with Crippen molar-refractivity contribution in [2.75, 3.05) is 0 Å². The van der Waals surface area contributed by atoms with Crippen LogP contribution in [0.1, 0.15) is 43.2 Å². The van der Waals surface area contributed by atoms with Crippen molar-refractivity contribution in [3.05, 3.63) is 58.9 Å². The van der Waals surface area contributed by atoms with Crippen LogP contribution < -0.4 is 4.57 Å². The number of furan rings is 1. The van der Waals surface area contributed by atoms with Crippen LogP contribution in [-0.2, 0) is 13.5 Å². The Bertz CT molecular complexity index is 1210. The third-order valence-corrected chi connectivity index (χ3v) is 5.42. The molecule has 0 saturated heterocycles. The van der Waals surface area contributed by atoms with Gasteiger partial charge in [-0.25, -0.2) is 9.55 Å². The molecule has 3 heterocycles. The monoisotopic (exact) mass is 373 g/mol. The van der Waals surface area contributed by atoms with Crippen LogP contribution in [0.25, 0.3) is 33.3 Å². The van der Waals surface area contributed by atoms with Crippen molar-refractivity contribution >= 4 is 22.1 Å². The summed E-state index contributed by atoms with van der Waals surface area (Å²) in [5.74, 6) is 0. The number of benzene rings is 1. The Morgan fingerprint density at radius 3 is 2.39 bits per heavy atom. The van der Waals surface area contributed by atoms with Gasteiger partial charge in [-0.2, -0.15) is 0 Å². The molecule has 0 aliphatic carbocycles. The summed E-state index contributed by atoms with van der Waals surface area (Å²) in [7, 11) is 2.12. The number of aryl methyl sites for hydroxylation is 4. The van der Waals surface area contributed by atoms with E-state index in [1.54, 1.807) is 0 Å². The molecule has 0 radical (unpaired) electrons. The van der Waals surface area contributed by atoms with Gasteiger partial charge in [-0.05, 0) is 55.9 Å². The highest BCUT2D eigenvalue weighted by molar-refractivity contribution is 6.08. The minimum Gasteiger partial charge on any atom is -0.437 e. The summed E-state index contributed by atoms with van der Waals surface area (Å²) in [6.07, 6.45) is 3.28. The largest absolute Gasteiger partial charge is 0.437 e. The van der Waals surface area contributed by atoms with Crippen molar-refractivity contribution in [2.24, 2.45) is 12.5 Å². The maximum atomic E-state index is 6.30. The van der Waals surface area contributed by atoms with E-state index in [0.29, 0.717) is 5.71 Å². The molecule has 3 heteroatoms. The predicted octanol–water partition coefficient (Wildman–Crippen LogP) is 5.99. The van der Waals surface area contributed by atoms with Crippen molar-refractivity contribution in [3.63, 3.8) is 0 Å². The molecule has 0 unspecified atom stereocenters. The van der Waals surface area contributed by atoms with E-state index in [1.807, 2.05) is 13.0 Å². The molecule has 3 nitrogen and oxygen atoms in total. The van der Waals surface area contributed by atoms with Crippen LogP contribution in [0.4, 0.5) is 0 Å². The number of aromatic nitrogens is 2. The van der Waals surface area contributed by atoms with Gasteiger partial charge in [-0.15, -0.1) is 0 Å². The number of fused-ring (bicyclic) bond motifs is 3. The van der Waals surface area contributed by atoms with E-state index in [0.717, 1.165) is 34.0 Å². The summed E-state index contributed by atoms with van der Waals surface area (Å²) in [5, 5.41) is 2.20. The van der Waals surface area contributed by atoms with Crippen molar-refractivity contribution in [1.82, 2.24) is 4.98 Å². The quantitative estimate of drug-likeness (QED) is 0.404. The van der Waals surface area contributed by atoms with Crippen molar-refractivity contribution in [2.45, 2.75) is 48.0 Å². The Labute approximate surface area is 167 Å². The lowest BCUT2D eigenvalue weighted by atomic mass is 9.86. The molecule has 1 aromatic carbocycles. The Balaban J connectivity index is 2.02. The molecule has 0 aliphatic heterocycles. The number of nitrogens with zero attached hydrogens (tertiary/aromatic N) is 2. The highest BCUT2D eigenvalue weighted by atomic mass is 16.3. The van der Waals surface area contributed by atoms with Gasteiger partial charge in [0, 0.05) is 28.1 Å². The van der Waals surface area contributed by atoms with Crippen LogP contribution in [0.3, 0.4) is 0 Å². The van der Waals surface area contributed by atoms with Crippen LogP contribution in [0, 0.1) is 26.2 Å². The fraction of sp³-hybridized carbons (Fsp3) is 0.360. The summed E-state index contributed by atoms with van der Waals surface area (Å²) < 4.78 is 8.52. The number of hydrogen-bond acceptors (Lipinski definition) is 2. The van der Waals surface area contributed by atoms with Crippen LogP contribution in [0.5, 0.6) is 0 Å². The first-order valence-corrected chi connectivity index (χ1v) is 9.93. The Kier molecular flexibility index (Phi) is 4.29. The summed E-state index contributed by atoms with van der Waals surface area (Å²) in [6.45, 7) is 13.2. The fourth-order valence-electron chi connectivity index (χ4n) is 4.06. The SMILES string of the molecule is Cc1ccc2c(n1)oc1c(-c3cc(CC(C)(C)C)c(C)c[n+]3C)c(C)ccc12. The molecule has 0 atom stereocenters. The van der Waals surface area contributed by atoms with Crippen molar-refractivity contribution < 1.29 is 8.98 Å². The number of hydrogen-bond donors (Lipinski definition) is 0. The van der Waals surface area contributed by atoms with Crippen LogP contribution >= 0.6 is 0 Å². The smallest absolute Gasteiger partial charge is 0.227 e. The van der Waals surface area contributed by atoms with Gasteiger partial charge < -0.3 is 4.42 Å². The Morgan fingerprint density at radius 1 is 0.964 bits per heavy atom. The topological polar surface area (TPSA) is 29.9 Å². The molecule has 0 amide bonds. The molecule has 28 heavy (non-hydrogen) atoms.